The average molecular weight is 284 g/mol. The fourth-order valence-electron chi connectivity index (χ4n) is 2.42. The first-order valence-corrected chi connectivity index (χ1v) is 6.40. The third-order valence-corrected chi connectivity index (χ3v) is 3.49. The fourth-order valence-corrected chi connectivity index (χ4v) is 2.42. The summed E-state index contributed by atoms with van der Waals surface area (Å²) >= 11 is 0. The highest BCUT2D eigenvalue weighted by Gasteiger charge is 2.25. The first-order chi connectivity index (χ1) is 9.49. The van der Waals surface area contributed by atoms with Crippen molar-refractivity contribution in [2.45, 2.75) is 25.7 Å². The van der Waals surface area contributed by atoms with E-state index in [0.29, 0.717) is 24.6 Å². The lowest BCUT2D eigenvalue weighted by atomic mass is 10.1. The molecule has 1 amide bonds. The van der Waals surface area contributed by atoms with Crippen LogP contribution in [0, 0.1) is 27.7 Å². The van der Waals surface area contributed by atoms with Crippen molar-refractivity contribution in [2.24, 2.45) is 5.92 Å². The van der Waals surface area contributed by atoms with Gasteiger partial charge in [-0.1, -0.05) is 12.8 Å². The minimum atomic E-state index is -1.31. The number of hydrogen-bond donors (Lipinski definition) is 1. The van der Waals surface area contributed by atoms with E-state index in [0.717, 1.165) is 25.7 Å². The average Bonchev–Trinajstić information content (AvgIpc) is 2.91. The summed E-state index contributed by atoms with van der Waals surface area (Å²) in [4.78, 5) is 21.3. The van der Waals surface area contributed by atoms with Crippen LogP contribution in [0.4, 0.5) is 14.5 Å². The fraction of sp³-hybridized carbons (Fsp3) is 0.462. The predicted molar refractivity (Wildman–Crippen MR) is 67.3 cm³/mol. The molecule has 1 saturated carbocycles. The number of carbonyl (C=O) groups excluding carboxylic acids is 1. The highest BCUT2D eigenvalue weighted by Crippen LogP contribution is 2.25. The van der Waals surface area contributed by atoms with Gasteiger partial charge in [0.05, 0.1) is 16.6 Å². The molecule has 0 spiro atoms. The van der Waals surface area contributed by atoms with Crippen LogP contribution in [-0.2, 0) is 0 Å². The molecular weight excluding hydrogens is 270 g/mol. The molecule has 0 radical (unpaired) electrons. The normalized spacial score (nSPS) is 15.3. The molecule has 1 N–H and O–H groups in total. The van der Waals surface area contributed by atoms with Gasteiger partial charge in [0.2, 0.25) is 5.82 Å². The maximum Gasteiger partial charge on any atom is 0.308 e. The smallest absolute Gasteiger partial charge is 0.308 e. The Bertz CT molecular complexity index is 543. The van der Waals surface area contributed by atoms with E-state index in [-0.39, 0.29) is 0 Å². The van der Waals surface area contributed by atoms with Gasteiger partial charge in [-0.2, -0.15) is 4.39 Å². The van der Waals surface area contributed by atoms with Gasteiger partial charge in [-0.3, -0.25) is 14.9 Å². The molecule has 1 aromatic rings. The largest absolute Gasteiger partial charge is 0.352 e. The Labute approximate surface area is 114 Å². The number of rotatable bonds is 4. The van der Waals surface area contributed by atoms with Crippen LogP contribution in [0.25, 0.3) is 0 Å². The number of nitrogens with zero attached hydrogens (tertiary/aromatic N) is 1. The number of halogens is 2. The quantitative estimate of drug-likeness (QED) is 0.682. The van der Waals surface area contributed by atoms with Crippen molar-refractivity contribution in [1.29, 1.82) is 0 Å². The summed E-state index contributed by atoms with van der Waals surface area (Å²) in [5, 5.41) is 13.1. The van der Waals surface area contributed by atoms with Gasteiger partial charge in [-0.15, -0.1) is 0 Å². The lowest BCUT2D eigenvalue weighted by molar-refractivity contribution is -0.387. The molecule has 2 rings (SSSR count). The third-order valence-electron chi connectivity index (χ3n) is 3.49. The van der Waals surface area contributed by atoms with Gasteiger partial charge in [-0.25, -0.2) is 4.39 Å². The van der Waals surface area contributed by atoms with Crippen LogP contribution in [0.1, 0.15) is 36.0 Å². The molecule has 1 aromatic carbocycles. The monoisotopic (exact) mass is 284 g/mol. The number of nitrogens with one attached hydrogen (secondary N) is 1. The molecule has 5 nitrogen and oxygen atoms in total. The maximum atomic E-state index is 13.8. The second kappa shape index (κ2) is 5.94. The number of amides is 1. The second-order valence-corrected chi connectivity index (χ2v) is 4.90. The first kappa shape index (κ1) is 14.4. The Morgan fingerprint density at radius 3 is 2.60 bits per heavy atom. The van der Waals surface area contributed by atoms with Crippen LogP contribution in [0.3, 0.4) is 0 Å². The second-order valence-electron chi connectivity index (χ2n) is 4.90. The van der Waals surface area contributed by atoms with Gasteiger partial charge in [0.1, 0.15) is 5.82 Å². The van der Waals surface area contributed by atoms with E-state index in [1.807, 2.05) is 0 Å². The lowest BCUT2D eigenvalue weighted by Crippen LogP contribution is -2.29. The molecule has 108 valence electrons. The minimum Gasteiger partial charge on any atom is -0.352 e. The molecule has 0 heterocycles. The highest BCUT2D eigenvalue weighted by atomic mass is 19.1. The zero-order valence-electron chi connectivity index (χ0n) is 10.7. The number of nitro benzene ring substituents is 1. The summed E-state index contributed by atoms with van der Waals surface area (Å²) < 4.78 is 27.0. The van der Waals surface area contributed by atoms with Crippen LogP contribution in [0.15, 0.2) is 12.1 Å². The predicted octanol–water partition coefficient (Wildman–Crippen LogP) is 2.79. The van der Waals surface area contributed by atoms with E-state index in [1.54, 1.807) is 0 Å². The SMILES string of the molecule is O=C(NCC1CCCC1)c1cc(F)cc([N+](=O)[O-])c1F. The van der Waals surface area contributed by atoms with Gasteiger partial charge in [0, 0.05) is 6.54 Å². The van der Waals surface area contributed by atoms with Crippen molar-refractivity contribution < 1.29 is 18.5 Å². The Kier molecular flexibility index (Phi) is 4.26. The first-order valence-electron chi connectivity index (χ1n) is 6.40. The van der Waals surface area contributed by atoms with Crippen LogP contribution in [-0.4, -0.2) is 17.4 Å². The molecule has 0 unspecified atom stereocenters. The molecule has 0 saturated heterocycles. The van der Waals surface area contributed by atoms with E-state index in [4.69, 9.17) is 0 Å². The van der Waals surface area contributed by atoms with Crippen LogP contribution in [0.2, 0.25) is 0 Å². The Morgan fingerprint density at radius 1 is 1.35 bits per heavy atom. The standard InChI is InChI=1S/C13H14F2N2O3/c14-9-5-10(12(15)11(6-9)17(19)20)13(18)16-7-8-3-1-2-4-8/h5-6,8H,1-4,7H2,(H,16,18). The molecule has 0 bridgehead atoms. The topological polar surface area (TPSA) is 72.2 Å². The summed E-state index contributed by atoms with van der Waals surface area (Å²) in [7, 11) is 0. The highest BCUT2D eigenvalue weighted by molar-refractivity contribution is 5.95. The molecule has 20 heavy (non-hydrogen) atoms. The van der Waals surface area contributed by atoms with Crippen molar-refractivity contribution >= 4 is 11.6 Å². The summed E-state index contributed by atoms with van der Waals surface area (Å²) in [5.41, 5.74) is -1.66. The van der Waals surface area contributed by atoms with Crippen molar-refractivity contribution in [3.8, 4) is 0 Å². The molecule has 0 aliphatic heterocycles. The van der Waals surface area contributed by atoms with Gasteiger partial charge in [0.25, 0.3) is 5.91 Å². The number of hydrogen-bond acceptors (Lipinski definition) is 3. The van der Waals surface area contributed by atoms with Gasteiger partial charge in [-0.05, 0) is 24.8 Å². The molecule has 1 aliphatic carbocycles. The molecule has 7 heteroatoms. The summed E-state index contributed by atoms with van der Waals surface area (Å²) in [5.74, 6) is -2.80. The Hall–Kier alpha value is -2.05. The van der Waals surface area contributed by atoms with Crippen molar-refractivity contribution in [2.75, 3.05) is 6.54 Å². The van der Waals surface area contributed by atoms with E-state index in [1.165, 1.54) is 0 Å². The Balaban J connectivity index is 2.14. The number of benzene rings is 1. The summed E-state index contributed by atoms with van der Waals surface area (Å²) in [6.45, 7) is 0.378. The van der Waals surface area contributed by atoms with E-state index in [9.17, 15) is 23.7 Å². The van der Waals surface area contributed by atoms with Crippen LogP contribution < -0.4 is 5.32 Å². The third kappa shape index (κ3) is 3.09. The summed E-state index contributed by atoms with van der Waals surface area (Å²) in [6, 6.07) is 1.13. The maximum absolute atomic E-state index is 13.8. The minimum absolute atomic E-state index is 0.338. The molecule has 0 aromatic heterocycles. The van der Waals surface area contributed by atoms with Crippen molar-refractivity contribution in [1.82, 2.24) is 5.32 Å². The van der Waals surface area contributed by atoms with Gasteiger partial charge >= 0.3 is 5.69 Å². The number of nitro groups is 1. The van der Waals surface area contributed by atoms with Crippen LogP contribution in [0.5, 0.6) is 0 Å². The van der Waals surface area contributed by atoms with Crippen LogP contribution >= 0.6 is 0 Å². The molecule has 1 fully saturated rings. The Morgan fingerprint density at radius 2 is 2.00 bits per heavy atom. The van der Waals surface area contributed by atoms with E-state index < -0.39 is 33.7 Å². The molecular formula is C13H14F2N2O3. The zero-order valence-corrected chi connectivity index (χ0v) is 10.7. The van der Waals surface area contributed by atoms with E-state index in [2.05, 4.69) is 5.32 Å². The molecule has 1 aliphatic rings. The zero-order chi connectivity index (χ0) is 14.7. The number of carbonyl (C=O) groups is 1. The van der Waals surface area contributed by atoms with Gasteiger partial charge < -0.3 is 5.32 Å². The van der Waals surface area contributed by atoms with Gasteiger partial charge in [0.15, 0.2) is 0 Å². The lowest BCUT2D eigenvalue weighted by Gasteiger charge is -2.11. The molecule has 0 atom stereocenters. The summed E-state index contributed by atoms with van der Waals surface area (Å²) in [6.07, 6.45) is 4.18. The van der Waals surface area contributed by atoms with Crippen molar-refractivity contribution in [3.05, 3.63) is 39.4 Å². The van der Waals surface area contributed by atoms with Crippen molar-refractivity contribution in [3.63, 3.8) is 0 Å². The van der Waals surface area contributed by atoms with E-state index >= 15 is 0 Å².